The van der Waals surface area contributed by atoms with Crippen molar-refractivity contribution in [1.82, 2.24) is 19.3 Å². The van der Waals surface area contributed by atoms with E-state index in [1.165, 1.54) is 28.6 Å². The molecule has 1 aliphatic heterocycles. The summed E-state index contributed by atoms with van der Waals surface area (Å²) in [6.07, 6.45) is 1.23. The molecule has 0 saturated carbocycles. The average Bonchev–Trinajstić information content (AvgIpc) is 3.05. The van der Waals surface area contributed by atoms with E-state index in [1.807, 2.05) is 0 Å². The van der Waals surface area contributed by atoms with Crippen LogP contribution in [-0.2, 0) is 10.0 Å². The summed E-state index contributed by atoms with van der Waals surface area (Å²) >= 11 is 5.83. The molecule has 136 valence electrons. The molecule has 4 rings (SSSR count). The summed E-state index contributed by atoms with van der Waals surface area (Å²) in [5.41, 5.74) is 1.26. The fraction of sp³-hybridized carbons (Fsp3) is 0.294. The minimum absolute atomic E-state index is 0.0297. The van der Waals surface area contributed by atoms with Gasteiger partial charge in [0.15, 0.2) is 0 Å². The molecule has 0 unspecified atom stereocenters. The number of hydrogen-bond donors (Lipinski definition) is 0. The van der Waals surface area contributed by atoms with E-state index in [0.29, 0.717) is 36.5 Å². The van der Waals surface area contributed by atoms with Gasteiger partial charge in [0.1, 0.15) is 11.3 Å². The zero-order chi connectivity index (χ0) is 18.3. The molecule has 26 heavy (non-hydrogen) atoms. The molecule has 0 N–H and O–H groups in total. The van der Waals surface area contributed by atoms with Crippen LogP contribution in [0, 0.1) is 5.82 Å². The molecule has 0 aliphatic carbocycles. The van der Waals surface area contributed by atoms with Gasteiger partial charge in [0.25, 0.3) is 0 Å². The van der Waals surface area contributed by atoms with Crippen molar-refractivity contribution >= 4 is 32.7 Å². The van der Waals surface area contributed by atoms with E-state index in [-0.39, 0.29) is 16.8 Å². The van der Waals surface area contributed by atoms with Crippen molar-refractivity contribution in [1.29, 1.82) is 0 Å². The molecule has 9 heteroatoms. The van der Waals surface area contributed by atoms with E-state index < -0.39 is 10.0 Å². The Morgan fingerprint density at radius 1 is 1.08 bits per heavy atom. The average molecular weight is 395 g/mol. The fourth-order valence-electron chi connectivity index (χ4n) is 3.27. The third-order valence-corrected chi connectivity index (χ3v) is 6.82. The van der Waals surface area contributed by atoms with Crippen LogP contribution in [0.2, 0.25) is 5.02 Å². The number of fused-ring (bicyclic) bond motifs is 1. The highest BCUT2D eigenvalue weighted by Crippen LogP contribution is 2.29. The lowest BCUT2D eigenvalue weighted by molar-refractivity contribution is 0.263. The van der Waals surface area contributed by atoms with E-state index in [9.17, 15) is 12.8 Å². The topological polar surface area (TPSA) is 68.1 Å². The van der Waals surface area contributed by atoms with E-state index in [4.69, 9.17) is 11.6 Å². The zero-order valence-corrected chi connectivity index (χ0v) is 15.3. The summed E-state index contributed by atoms with van der Waals surface area (Å²) in [6.45, 7) is 0.774. The highest BCUT2D eigenvalue weighted by Gasteiger charge is 2.31. The molecule has 0 amide bonds. The van der Waals surface area contributed by atoms with Gasteiger partial charge in [0.05, 0.1) is 16.5 Å². The molecule has 0 spiro atoms. The first kappa shape index (κ1) is 17.4. The normalized spacial score (nSPS) is 17.0. The van der Waals surface area contributed by atoms with Crippen LogP contribution in [-0.4, -0.2) is 40.8 Å². The molecule has 2 heterocycles. The van der Waals surface area contributed by atoms with Crippen molar-refractivity contribution in [3.05, 3.63) is 53.3 Å². The summed E-state index contributed by atoms with van der Waals surface area (Å²) in [5.74, 6) is -0.353. The molecular weight excluding hydrogens is 379 g/mol. The van der Waals surface area contributed by atoms with Crippen LogP contribution in [0.3, 0.4) is 0 Å². The Bertz CT molecular complexity index is 1040. The Morgan fingerprint density at radius 2 is 1.77 bits per heavy atom. The van der Waals surface area contributed by atoms with Crippen molar-refractivity contribution in [2.45, 2.75) is 23.8 Å². The van der Waals surface area contributed by atoms with Crippen LogP contribution < -0.4 is 0 Å². The summed E-state index contributed by atoms with van der Waals surface area (Å²) in [6, 6.07) is 10.6. The van der Waals surface area contributed by atoms with E-state index in [2.05, 4.69) is 10.3 Å². The second kappa shape index (κ2) is 6.61. The van der Waals surface area contributed by atoms with Gasteiger partial charge >= 0.3 is 0 Å². The summed E-state index contributed by atoms with van der Waals surface area (Å²) < 4.78 is 42.0. The van der Waals surface area contributed by atoms with Gasteiger partial charge in [-0.1, -0.05) is 16.8 Å². The summed E-state index contributed by atoms with van der Waals surface area (Å²) in [7, 11) is -3.54. The monoisotopic (exact) mass is 394 g/mol. The molecule has 0 radical (unpaired) electrons. The second-order valence-corrected chi connectivity index (χ2v) is 8.63. The lowest BCUT2D eigenvalue weighted by Gasteiger charge is -2.31. The predicted octanol–water partition coefficient (Wildman–Crippen LogP) is 3.25. The van der Waals surface area contributed by atoms with E-state index >= 15 is 0 Å². The van der Waals surface area contributed by atoms with Crippen LogP contribution >= 0.6 is 11.6 Å². The van der Waals surface area contributed by atoms with Gasteiger partial charge in [0.2, 0.25) is 10.0 Å². The lowest BCUT2D eigenvalue weighted by atomic mass is 10.1. The van der Waals surface area contributed by atoms with Crippen molar-refractivity contribution < 1.29 is 12.8 Å². The molecule has 1 fully saturated rings. The molecule has 0 atom stereocenters. The quantitative estimate of drug-likeness (QED) is 0.683. The van der Waals surface area contributed by atoms with Crippen molar-refractivity contribution in [2.75, 3.05) is 13.1 Å². The Balaban J connectivity index is 1.52. The van der Waals surface area contributed by atoms with Crippen LogP contribution in [0.15, 0.2) is 47.4 Å². The molecule has 2 aromatic carbocycles. The van der Waals surface area contributed by atoms with Gasteiger partial charge < -0.3 is 0 Å². The Morgan fingerprint density at radius 3 is 2.46 bits per heavy atom. The van der Waals surface area contributed by atoms with Crippen LogP contribution in [0.5, 0.6) is 0 Å². The van der Waals surface area contributed by atoms with Gasteiger partial charge in [-0.05, 0) is 49.2 Å². The number of nitrogens with zero attached hydrogens (tertiary/aromatic N) is 4. The maximum atomic E-state index is 13.3. The van der Waals surface area contributed by atoms with Crippen LogP contribution in [0.25, 0.3) is 11.0 Å². The van der Waals surface area contributed by atoms with Gasteiger partial charge in [-0.3, -0.25) is 0 Å². The third-order valence-electron chi connectivity index (χ3n) is 4.65. The van der Waals surface area contributed by atoms with Crippen molar-refractivity contribution in [3.63, 3.8) is 0 Å². The molecule has 0 bridgehead atoms. The predicted molar refractivity (Wildman–Crippen MR) is 96.0 cm³/mol. The first-order valence-corrected chi connectivity index (χ1v) is 10.0. The van der Waals surface area contributed by atoms with Gasteiger partial charge in [-0.2, -0.15) is 4.31 Å². The minimum atomic E-state index is -3.54. The maximum Gasteiger partial charge on any atom is 0.243 e. The molecule has 6 nitrogen and oxygen atoms in total. The van der Waals surface area contributed by atoms with Gasteiger partial charge in [-0.25, -0.2) is 17.5 Å². The second-order valence-electron chi connectivity index (χ2n) is 6.26. The highest BCUT2D eigenvalue weighted by atomic mass is 35.5. The Hall–Kier alpha value is -2.03. The molecule has 1 saturated heterocycles. The fourth-order valence-corrected chi connectivity index (χ4v) is 4.86. The van der Waals surface area contributed by atoms with E-state index in [1.54, 1.807) is 22.9 Å². The Labute approximate surface area is 155 Å². The SMILES string of the molecule is O=S(=O)(c1ccc(Cl)cc1)N1CCC(n2nnc3cc(F)ccc32)CC1. The number of aromatic nitrogens is 3. The zero-order valence-electron chi connectivity index (χ0n) is 13.7. The first-order valence-electron chi connectivity index (χ1n) is 8.21. The maximum absolute atomic E-state index is 13.3. The smallest absolute Gasteiger partial charge is 0.241 e. The number of rotatable bonds is 3. The largest absolute Gasteiger partial charge is 0.243 e. The summed E-state index contributed by atoms with van der Waals surface area (Å²) in [4.78, 5) is 0.238. The number of hydrogen-bond acceptors (Lipinski definition) is 4. The Kier molecular flexibility index (Phi) is 4.42. The lowest BCUT2D eigenvalue weighted by Crippen LogP contribution is -2.39. The number of piperidine rings is 1. The van der Waals surface area contributed by atoms with Crippen molar-refractivity contribution in [2.24, 2.45) is 0 Å². The molecular formula is C17H16ClFN4O2S. The number of benzene rings is 2. The number of halogens is 2. The van der Waals surface area contributed by atoms with Crippen LogP contribution in [0.1, 0.15) is 18.9 Å². The number of sulfonamides is 1. The standard InChI is InChI=1S/C17H16ClFN4O2S/c18-12-1-4-15(5-2-12)26(24,25)22-9-7-14(8-10-22)23-17-6-3-13(19)11-16(17)20-21-23/h1-6,11,14H,7-10H2. The van der Waals surface area contributed by atoms with Gasteiger partial charge in [-0.15, -0.1) is 5.10 Å². The van der Waals surface area contributed by atoms with Gasteiger partial charge in [0, 0.05) is 24.2 Å². The van der Waals surface area contributed by atoms with Crippen LogP contribution in [0.4, 0.5) is 4.39 Å². The summed E-state index contributed by atoms with van der Waals surface area (Å²) in [5, 5.41) is 8.64. The first-order chi connectivity index (χ1) is 12.4. The third kappa shape index (κ3) is 3.08. The highest BCUT2D eigenvalue weighted by molar-refractivity contribution is 7.89. The molecule has 1 aromatic heterocycles. The van der Waals surface area contributed by atoms with Crippen molar-refractivity contribution in [3.8, 4) is 0 Å². The molecule has 3 aromatic rings. The minimum Gasteiger partial charge on any atom is -0.241 e. The molecule has 1 aliphatic rings. The van der Waals surface area contributed by atoms with E-state index in [0.717, 1.165) is 5.52 Å².